The van der Waals surface area contributed by atoms with Crippen molar-refractivity contribution in [1.29, 1.82) is 0 Å². The Morgan fingerprint density at radius 3 is 2.72 bits per heavy atom. The SMILES string of the molecule is CCOC(=O)[C@@H]1[C@H]2C(=O)N([C@H](C)CO)C(C(=O)NCCN3CCOCC3)C23CC[C@@]1(C)S3. The lowest BCUT2D eigenvalue weighted by atomic mass is 9.66. The van der Waals surface area contributed by atoms with Crippen molar-refractivity contribution in [2.24, 2.45) is 11.8 Å². The van der Waals surface area contributed by atoms with Crippen LogP contribution in [0.5, 0.6) is 0 Å². The van der Waals surface area contributed by atoms with E-state index in [-0.39, 0.29) is 31.0 Å². The van der Waals surface area contributed by atoms with Crippen molar-refractivity contribution >= 4 is 29.5 Å². The molecule has 6 atom stereocenters. The standard InChI is InChI=1S/C22H35N3O6S/c1-4-31-20(29)16-15-19(28)25(14(2)13-26)17(22(15)6-5-21(16,3)32-22)18(27)23-7-8-24-9-11-30-12-10-24/h14-17,26H,4-13H2,1-3H3,(H,23,27)/t14-,15+,16+,17?,21-,22?/m1/s1. The Morgan fingerprint density at radius 2 is 2.06 bits per heavy atom. The molecular weight excluding hydrogens is 434 g/mol. The third-order valence-corrected chi connectivity index (χ3v) is 9.56. The lowest BCUT2D eigenvalue weighted by Crippen LogP contribution is -2.56. The Kier molecular flexibility index (Phi) is 6.78. The smallest absolute Gasteiger partial charge is 0.311 e. The Bertz CT molecular complexity index is 762. The monoisotopic (exact) mass is 469 g/mol. The van der Waals surface area contributed by atoms with Crippen LogP contribution < -0.4 is 5.32 Å². The zero-order valence-corrected chi connectivity index (χ0v) is 20.0. The lowest BCUT2D eigenvalue weighted by molar-refractivity contribution is -0.155. The van der Waals surface area contributed by atoms with Crippen molar-refractivity contribution in [2.45, 2.75) is 55.2 Å². The molecule has 9 nitrogen and oxygen atoms in total. The second kappa shape index (κ2) is 9.12. The van der Waals surface area contributed by atoms with E-state index in [0.29, 0.717) is 26.2 Å². The summed E-state index contributed by atoms with van der Waals surface area (Å²) in [4.78, 5) is 43.9. The number of amides is 2. The number of rotatable bonds is 8. The number of nitrogens with zero attached hydrogens (tertiary/aromatic N) is 2. The molecule has 2 N–H and O–H groups in total. The van der Waals surface area contributed by atoms with Crippen LogP contribution in [-0.2, 0) is 23.9 Å². The number of aliphatic hydroxyl groups is 1. The van der Waals surface area contributed by atoms with E-state index < -0.39 is 33.4 Å². The fraction of sp³-hybridized carbons (Fsp3) is 0.864. The van der Waals surface area contributed by atoms with Crippen molar-refractivity contribution in [2.75, 3.05) is 52.6 Å². The number of thioether (sulfide) groups is 1. The fourth-order valence-electron chi connectivity index (χ4n) is 6.07. The van der Waals surface area contributed by atoms with Gasteiger partial charge in [-0.2, -0.15) is 0 Å². The molecule has 4 aliphatic heterocycles. The summed E-state index contributed by atoms with van der Waals surface area (Å²) >= 11 is 1.61. The van der Waals surface area contributed by atoms with E-state index >= 15 is 0 Å². The highest BCUT2D eigenvalue weighted by Gasteiger charge is 2.77. The molecule has 4 aliphatic rings. The van der Waals surface area contributed by atoms with Crippen LogP contribution in [0, 0.1) is 11.8 Å². The summed E-state index contributed by atoms with van der Waals surface area (Å²) in [5, 5.41) is 12.9. The number of ether oxygens (including phenoxy) is 2. The van der Waals surface area contributed by atoms with Crippen LogP contribution in [0.2, 0.25) is 0 Å². The molecular formula is C22H35N3O6S. The minimum absolute atomic E-state index is 0.198. The first-order valence-corrected chi connectivity index (χ1v) is 12.5. The number of hydrogen-bond acceptors (Lipinski definition) is 8. The molecule has 180 valence electrons. The number of aliphatic hydroxyl groups excluding tert-OH is 1. The van der Waals surface area contributed by atoms with Gasteiger partial charge < -0.3 is 24.8 Å². The zero-order valence-electron chi connectivity index (χ0n) is 19.2. The van der Waals surface area contributed by atoms with Crippen LogP contribution in [0.25, 0.3) is 0 Å². The second-order valence-corrected chi connectivity index (χ2v) is 11.4. The van der Waals surface area contributed by atoms with Crippen LogP contribution in [-0.4, -0.2) is 107 Å². The summed E-state index contributed by atoms with van der Waals surface area (Å²) in [6, 6.07) is -1.22. The van der Waals surface area contributed by atoms with Gasteiger partial charge in [-0.15, -0.1) is 11.8 Å². The molecule has 32 heavy (non-hydrogen) atoms. The molecule has 0 radical (unpaired) electrons. The maximum Gasteiger partial charge on any atom is 0.311 e. The average Bonchev–Trinajstić information content (AvgIpc) is 3.35. The van der Waals surface area contributed by atoms with Crippen LogP contribution >= 0.6 is 11.8 Å². The molecule has 10 heteroatoms. The highest BCUT2D eigenvalue weighted by atomic mass is 32.2. The first-order chi connectivity index (χ1) is 15.3. The molecule has 4 saturated heterocycles. The fourth-order valence-corrected chi connectivity index (χ4v) is 8.41. The quantitative estimate of drug-likeness (QED) is 0.473. The molecule has 4 fully saturated rings. The molecule has 0 aromatic rings. The molecule has 0 saturated carbocycles. The molecule has 0 aromatic carbocycles. The summed E-state index contributed by atoms with van der Waals surface area (Å²) in [5.41, 5.74) is 0. The highest BCUT2D eigenvalue weighted by Crippen LogP contribution is 2.71. The first kappa shape index (κ1) is 23.8. The minimum atomic E-state index is -0.710. The van der Waals surface area contributed by atoms with Gasteiger partial charge in [0.1, 0.15) is 6.04 Å². The van der Waals surface area contributed by atoms with E-state index in [2.05, 4.69) is 10.2 Å². The molecule has 4 heterocycles. The van der Waals surface area contributed by atoms with Gasteiger partial charge in [0.15, 0.2) is 0 Å². The van der Waals surface area contributed by atoms with Gasteiger partial charge in [-0.3, -0.25) is 19.3 Å². The summed E-state index contributed by atoms with van der Waals surface area (Å²) in [5.74, 6) is -1.94. The van der Waals surface area contributed by atoms with Gasteiger partial charge in [0.05, 0.1) is 49.1 Å². The van der Waals surface area contributed by atoms with Gasteiger partial charge in [-0.1, -0.05) is 0 Å². The zero-order chi connectivity index (χ0) is 23.1. The first-order valence-electron chi connectivity index (χ1n) is 11.7. The lowest BCUT2D eigenvalue weighted by Gasteiger charge is -2.36. The van der Waals surface area contributed by atoms with Crippen LogP contribution in [0.1, 0.15) is 33.6 Å². The molecule has 2 amide bonds. The average molecular weight is 470 g/mol. The second-order valence-electron chi connectivity index (χ2n) is 9.50. The van der Waals surface area contributed by atoms with Crippen molar-refractivity contribution in [3.63, 3.8) is 0 Å². The third kappa shape index (κ3) is 3.73. The predicted octanol–water partition coefficient (Wildman–Crippen LogP) is -0.140. The predicted molar refractivity (Wildman–Crippen MR) is 119 cm³/mol. The maximum atomic E-state index is 13.7. The highest BCUT2D eigenvalue weighted by molar-refractivity contribution is 8.02. The van der Waals surface area contributed by atoms with Gasteiger partial charge in [0, 0.05) is 30.9 Å². The topological polar surface area (TPSA) is 108 Å². The Morgan fingerprint density at radius 1 is 1.34 bits per heavy atom. The molecule has 1 spiro atoms. The molecule has 0 aliphatic carbocycles. The third-order valence-electron chi connectivity index (χ3n) is 7.57. The van der Waals surface area contributed by atoms with E-state index in [0.717, 1.165) is 26.1 Å². The van der Waals surface area contributed by atoms with Crippen LogP contribution in [0.15, 0.2) is 0 Å². The molecule has 0 aromatic heterocycles. The summed E-state index contributed by atoms with van der Waals surface area (Å²) in [7, 11) is 0. The van der Waals surface area contributed by atoms with Crippen LogP contribution in [0.4, 0.5) is 0 Å². The van der Waals surface area contributed by atoms with Crippen molar-refractivity contribution in [1.82, 2.24) is 15.1 Å². The number of carbonyl (C=O) groups is 3. The van der Waals surface area contributed by atoms with E-state index in [9.17, 15) is 19.5 Å². The van der Waals surface area contributed by atoms with Gasteiger partial charge in [-0.25, -0.2) is 0 Å². The number of esters is 1. The van der Waals surface area contributed by atoms with Crippen LogP contribution in [0.3, 0.4) is 0 Å². The Balaban J connectivity index is 1.58. The van der Waals surface area contributed by atoms with E-state index in [4.69, 9.17) is 9.47 Å². The van der Waals surface area contributed by atoms with E-state index in [1.165, 1.54) is 0 Å². The van der Waals surface area contributed by atoms with Gasteiger partial charge >= 0.3 is 5.97 Å². The number of carbonyl (C=O) groups excluding carboxylic acids is 3. The van der Waals surface area contributed by atoms with Crippen molar-refractivity contribution < 1.29 is 29.0 Å². The van der Waals surface area contributed by atoms with E-state index in [1.54, 1.807) is 30.5 Å². The van der Waals surface area contributed by atoms with Gasteiger partial charge in [-0.05, 0) is 33.6 Å². The normalized spacial score (nSPS) is 37.4. The van der Waals surface area contributed by atoms with Gasteiger partial charge in [0.25, 0.3) is 0 Å². The van der Waals surface area contributed by atoms with Crippen molar-refractivity contribution in [3.8, 4) is 0 Å². The minimum Gasteiger partial charge on any atom is -0.466 e. The maximum absolute atomic E-state index is 13.7. The Hall–Kier alpha value is -1.36. The summed E-state index contributed by atoms with van der Waals surface area (Å²) < 4.78 is 9.64. The molecule has 2 unspecified atom stereocenters. The number of morpholine rings is 1. The molecule has 2 bridgehead atoms. The largest absolute Gasteiger partial charge is 0.466 e. The Labute approximate surface area is 193 Å². The number of fused-ring (bicyclic) bond motifs is 1. The number of nitrogens with one attached hydrogen (secondary N) is 1. The molecule has 4 rings (SSSR count). The number of hydrogen-bond donors (Lipinski definition) is 2. The number of likely N-dealkylation sites (tertiary alicyclic amines) is 1. The van der Waals surface area contributed by atoms with E-state index in [1.807, 2.05) is 6.92 Å². The summed E-state index contributed by atoms with van der Waals surface area (Å²) in [6.45, 7) is 9.83. The van der Waals surface area contributed by atoms with Gasteiger partial charge in [0.2, 0.25) is 11.8 Å². The van der Waals surface area contributed by atoms with Crippen molar-refractivity contribution in [3.05, 3.63) is 0 Å². The summed E-state index contributed by atoms with van der Waals surface area (Å²) in [6.07, 6.45) is 1.44.